The zero-order valence-corrected chi connectivity index (χ0v) is 12.1. The van der Waals surface area contributed by atoms with E-state index in [4.69, 9.17) is 0 Å². The Morgan fingerprint density at radius 1 is 0.864 bits per heavy atom. The smallest absolute Gasteiger partial charge is 0.197 e. The molecule has 0 heterocycles. The molecule has 0 aliphatic heterocycles. The van der Waals surface area contributed by atoms with Crippen LogP contribution < -0.4 is 0 Å². The van der Waals surface area contributed by atoms with Crippen LogP contribution in [0.1, 0.15) is 40.7 Å². The summed E-state index contributed by atoms with van der Waals surface area (Å²) in [4.78, 5) is 23.9. The number of carbonyl (C=O) groups is 2. The zero-order valence-electron chi connectivity index (χ0n) is 12.1. The minimum absolute atomic E-state index is 0.0370. The Labute approximate surface area is 128 Å². The average Bonchev–Trinajstić information content (AvgIpc) is 2.58. The van der Waals surface area contributed by atoms with Gasteiger partial charge in [0.25, 0.3) is 0 Å². The van der Waals surface area contributed by atoms with E-state index in [-0.39, 0.29) is 17.3 Å². The topological polar surface area (TPSA) is 54.4 Å². The minimum atomic E-state index is -0.203. The van der Waals surface area contributed by atoms with Gasteiger partial charge in [0.2, 0.25) is 0 Å². The third-order valence-corrected chi connectivity index (χ3v) is 3.91. The first-order valence-corrected chi connectivity index (χ1v) is 7.32. The second kappa shape index (κ2) is 5.98. The monoisotopic (exact) mass is 292 g/mol. The Morgan fingerprint density at radius 3 is 2.18 bits per heavy atom. The number of rotatable bonds is 3. The molecule has 2 aromatic rings. The third-order valence-electron chi connectivity index (χ3n) is 3.91. The normalized spacial score (nSPS) is 15.0. The molecule has 3 heteroatoms. The van der Waals surface area contributed by atoms with Crippen LogP contribution in [0.5, 0.6) is 0 Å². The molecule has 2 aromatic carbocycles. The van der Waals surface area contributed by atoms with Crippen molar-refractivity contribution in [3.63, 3.8) is 0 Å². The van der Waals surface area contributed by atoms with Crippen LogP contribution in [0.15, 0.2) is 60.4 Å². The summed E-state index contributed by atoms with van der Waals surface area (Å²) in [6, 6.07) is 16.2. The Kier molecular flexibility index (Phi) is 3.88. The molecule has 0 unspecified atom stereocenters. The quantitative estimate of drug-likeness (QED) is 0.872. The summed E-state index contributed by atoms with van der Waals surface area (Å²) in [6.07, 6.45) is 1.84. The fraction of sp³-hybridized carbons (Fsp3) is 0.158. The molecule has 0 fully saturated rings. The molecular weight excluding hydrogens is 276 g/mol. The van der Waals surface area contributed by atoms with Gasteiger partial charge in [0, 0.05) is 23.1 Å². The molecule has 0 spiro atoms. The fourth-order valence-corrected chi connectivity index (χ4v) is 2.69. The Hall–Kier alpha value is -2.68. The lowest BCUT2D eigenvalue weighted by molar-refractivity contribution is -0.118. The summed E-state index contributed by atoms with van der Waals surface area (Å²) < 4.78 is 0. The summed E-state index contributed by atoms with van der Waals surface area (Å²) in [7, 11) is 0. The number of hydrogen-bond acceptors (Lipinski definition) is 3. The number of Topliss-reactive ketones (excluding diaryl/α,β-unsaturated/α-hetero) is 1. The second-order valence-electron chi connectivity index (χ2n) is 5.38. The van der Waals surface area contributed by atoms with Gasteiger partial charge in [0.1, 0.15) is 0 Å². The van der Waals surface area contributed by atoms with Crippen LogP contribution in [0.25, 0.3) is 5.57 Å². The van der Waals surface area contributed by atoms with Gasteiger partial charge in [0.15, 0.2) is 17.3 Å². The molecule has 1 aliphatic rings. The first-order chi connectivity index (χ1) is 10.7. The molecule has 3 rings (SSSR count). The van der Waals surface area contributed by atoms with Gasteiger partial charge >= 0.3 is 0 Å². The lowest BCUT2D eigenvalue weighted by Gasteiger charge is -2.15. The highest BCUT2D eigenvalue weighted by Crippen LogP contribution is 2.29. The van der Waals surface area contributed by atoms with E-state index in [0.29, 0.717) is 29.5 Å². The van der Waals surface area contributed by atoms with Crippen molar-refractivity contribution in [1.29, 1.82) is 0 Å². The molecule has 0 bridgehead atoms. The summed E-state index contributed by atoms with van der Waals surface area (Å²) in [5.74, 6) is -0.371. The van der Waals surface area contributed by atoms with E-state index in [1.807, 2.05) is 18.2 Å². The van der Waals surface area contributed by atoms with E-state index in [0.717, 1.165) is 12.0 Å². The van der Waals surface area contributed by atoms with Gasteiger partial charge in [-0.05, 0) is 18.4 Å². The standard InChI is InChI=1S/C19H16O3/c20-17-8-4-7-16(19(17)22)13-9-11-15(12-10-13)18(21)14-5-2-1-3-6-14/h1-3,5-6,9-12,22H,4,7-8H2. The van der Waals surface area contributed by atoms with Crippen LogP contribution in [0.2, 0.25) is 0 Å². The molecular formula is C19H16O3. The van der Waals surface area contributed by atoms with E-state index in [1.165, 1.54) is 0 Å². The molecule has 0 saturated carbocycles. The summed E-state index contributed by atoms with van der Waals surface area (Å²) in [5.41, 5.74) is 2.72. The average molecular weight is 292 g/mol. The number of ketones is 2. The predicted molar refractivity (Wildman–Crippen MR) is 84.7 cm³/mol. The number of hydrogen-bond donors (Lipinski definition) is 1. The Morgan fingerprint density at radius 2 is 1.50 bits per heavy atom. The van der Waals surface area contributed by atoms with Gasteiger partial charge in [0.05, 0.1) is 0 Å². The number of benzene rings is 2. The molecule has 22 heavy (non-hydrogen) atoms. The van der Waals surface area contributed by atoms with Gasteiger partial charge in [-0.25, -0.2) is 0 Å². The molecule has 0 radical (unpaired) electrons. The van der Waals surface area contributed by atoms with Gasteiger partial charge < -0.3 is 5.11 Å². The van der Waals surface area contributed by atoms with Gasteiger partial charge in [-0.2, -0.15) is 0 Å². The molecule has 0 atom stereocenters. The van der Waals surface area contributed by atoms with Gasteiger partial charge in [-0.3, -0.25) is 9.59 Å². The second-order valence-corrected chi connectivity index (χ2v) is 5.38. The Bertz CT molecular complexity index is 740. The SMILES string of the molecule is O=C1CCCC(c2ccc(C(=O)c3ccccc3)cc2)=C1O. The maximum Gasteiger partial charge on any atom is 0.197 e. The van der Waals surface area contributed by atoms with E-state index in [1.54, 1.807) is 36.4 Å². The molecule has 0 saturated heterocycles. The van der Waals surface area contributed by atoms with Crippen LogP contribution in [0, 0.1) is 0 Å². The van der Waals surface area contributed by atoms with Crippen LogP contribution in [-0.4, -0.2) is 16.7 Å². The van der Waals surface area contributed by atoms with Crippen LogP contribution in [0.4, 0.5) is 0 Å². The van der Waals surface area contributed by atoms with E-state index in [9.17, 15) is 14.7 Å². The first kappa shape index (κ1) is 14.3. The van der Waals surface area contributed by atoms with E-state index < -0.39 is 0 Å². The summed E-state index contributed by atoms with van der Waals surface area (Å²) >= 11 is 0. The number of carbonyl (C=O) groups excluding carboxylic acids is 2. The maximum absolute atomic E-state index is 12.3. The van der Waals surface area contributed by atoms with Crippen molar-refractivity contribution in [3.8, 4) is 0 Å². The van der Waals surface area contributed by atoms with Crippen molar-refractivity contribution in [2.24, 2.45) is 0 Å². The van der Waals surface area contributed by atoms with Crippen molar-refractivity contribution >= 4 is 17.1 Å². The van der Waals surface area contributed by atoms with Crippen molar-refractivity contribution in [1.82, 2.24) is 0 Å². The molecule has 0 aromatic heterocycles. The number of allylic oxidation sites excluding steroid dienone is 2. The van der Waals surface area contributed by atoms with Crippen LogP contribution in [-0.2, 0) is 4.79 Å². The maximum atomic E-state index is 12.3. The molecule has 3 nitrogen and oxygen atoms in total. The lowest BCUT2D eigenvalue weighted by atomic mass is 9.90. The van der Waals surface area contributed by atoms with Crippen LogP contribution in [0.3, 0.4) is 0 Å². The van der Waals surface area contributed by atoms with Crippen molar-refractivity contribution in [3.05, 3.63) is 77.0 Å². The number of aliphatic hydroxyl groups excluding tert-OH is 1. The van der Waals surface area contributed by atoms with Crippen molar-refractivity contribution in [2.75, 3.05) is 0 Å². The minimum Gasteiger partial charge on any atom is -0.504 e. The van der Waals surface area contributed by atoms with Gasteiger partial charge in [-0.1, -0.05) is 54.6 Å². The summed E-state index contributed by atoms with van der Waals surface area (Å²) in [5, 5.41) is 9.91. The van der Waals surface area contributed by atoms with Crippen molar-refractivity contribution < 1.29 is 14.7 Å². The third kappa shape index (κ3) is 2.70. The largest absolute Gasteiger partial charge is 0.504 e. The molecule has 1 N–H and O–H groups in total. The fourth-order valence-electron chi connectivity index (χ4n) is 2.69. The lowest BCUT2D eigenvalue weighted by Crippen LogP contribution is -2.10. The molecule has 1 aliphatic carbocycles. The Balaban J connectivity index is 1.89. The highest BCUT2D eigenvalue weighted by Gasteiger charge is 2.21. The van der Waals surface area contributed by atoms with E-state index >= 15 is 0 Å². The van der Waals surface area contributed by atoms with Crippen LogP contribution >= 0.6 is 0 Å². The van der Waals surface area contributed by atoms with Gasteiger partial charge in [-0.15, -0.1) is 0 Å². The molecule has 0 amide bonds. The first-order valence-electron chi connectivity index (χ1n) is 7.32. The molecule has 110 valence electrons. The van der Waals surface area contributed by atoms with Crippen molar-refractivity contribution in [2.45, 2.75) is 19.3 Å². The van der Waals surface area contributed by atoms with E-state index in [2.05, 4.69) is 0 Å². The number of aliphatic hydroxyl groups is 1. The summed E-state index contributed by atoms with van der Waals surface area (Å²) in [6.45, 7) is 0. The highest BCUT2D eigenvalue weighted by molar-refractivity contribution is 6.09. The predicted octanol–water partition coefficient (Wildman–Crippen LogP) is 3.94. The highest BCUT2D eigenvalue weighted by atomic mass is 16.3. The zero-order chi connectivity index (χ0) is 15.5.